The molecule has 1 amide bonds. The SMILES string of the molecule is CN(CCOC(=O)NCc1ccc(COc2nccc(N)n2)cc1)c1ccc(-c2ccc(/C=C(\C#N)c3nc4ccccc4s3)s2)s1. The molecule has 13 heteroatoms. The van der Waals surface area contributed by atoms with Gasteiger partial charge in [-0.2, -0.15) is 10.2 Å². The first-order chi connectivity index (χ1) is 22.9. The molecule has 236 valence electrons. The molecule has 0 bridgehead atoms. The van der Waals surface area contributed by atoms with E-state index in [1.54, 1.807) is 34.9 Å². The maximum atomic E-state index is 12.3. The van der Waals surface area contributed by atoms with E-state index in [0.717, 1.165) is 46.0 Å². The third kappa shape index (κ3) is 8.30. The van der Waals surface area contributed by atoms with E-state index in [1.165, 1.54) is 11.3 Å². The van der Waals surface area contributed by atoms with Crippen LogP contribution in [0.15, 0.2) is 85.1 Å². The van der Waals surface area contributed by atoms with Crippen LogP contribution in [-0.2, 0) is 17.9 Å². The molecule has 0 saturated heterocycles. The molecular formula is C34H29N7O3S3. The van der Waals surface area contributed by atoms with Gasteiger partial charge in [0, 0.05) is 34.4 Å². The molecule has 10 nitrogen and oxygen atoms in total. The third-order valence-corrected chi connectivity index (χ3v) is 10.4. The van der Waals surface area contributed by atoms with Gasteiger partial charge in [0.1, 0.15) is 30.1 Å². The molecule has 0 aliphatic heterocycles. The number of nitriles is 1. The number of rotatable bonds is 12. The second-order valence-electron chi connectivity index (χ2n) is 10.3. The summed E-state index contributed by atoms with van der Waals surface area (Å²) in [6, 6.07) is 28.0. The molecule has 3 N–H and O–H groups in total. The van der Waals surface area contributed by atoms with Crippen molar-refractivity contribution in [1.29, 1.82) is 5.26 Å². The van der Waals surface area contributed by atoms with Gasteiger partial charge in [-0.05, 0) is 59.7 Å². The van der Waals surface area contributed by atoms with Crippen LogP contribution < -0.4 is 20.7 Å². The Morgan fingerprint density at radius 1 is 0.979 bits per heavy atom. The number of nitrogens with two attached hydrogens (primary N) is 1. The van der Waals surface area contributed by atoms with Crippen LogP contribution in [0.3, 0.4) is 0 Å². The number of fused-ring (bicyclic) bond motifs is 1. The van der Waals surface area contributed by atoms with E-state index >= 15 is 0 Å². The molecule has 0 radical (unpaired) electrons. The Balaban J connectivity index is 0.946. The quantitative estimate of drug-likeness (QED) is 0.126. The largest absolute Gasteiger partial charge is 0.459 e. The number of nitrogens with zero attached hydrogens (tertiary/aromatic N) is 5. The van der Waals surface area contributed by atoms with Crippen LogP contribution in [0.2, 0.25) is 0 Å². The first-order valence-corrected chi connectivity index (χ1v) is 17.0. The number of alkyl carbamates (subject to hydrolysis) is 1. The number of ether oxygens (including phenoxy) is 2. The van der Waals surface area contributed by atoms with E-state index in [4.69, 9.17) is 15.2 Å². The van der Waals surface area contributed by atoms with Crippen molar-refractivity contribution in [3.8, 4) is 21.8 Å². The highest BCUT2D eigenvalue weighted by molar-refractivity contribution is 7.24. The predicted molar refractivity (Wildman–Crippen MR) is 189 cm³/mol. The van der Waals surface area contributed by atoms with Crippen molar-refractivity contribution in [1.82, 2.24) is 20.3 Å². The summed E-state index contributed by atoms with van der Waals surface area (Å²) < 4.78 is 12.0. The number of hydrogen-bond acceptors (Lipinski definition) is 12. The monoisotopic (exact) mass is 679 g/mol. The Morgan fingerprint density at radius 3 is 2.57 bits per heavy atom. The third-order valence-electron chi connectivity index (χ3n) is 6.91. The van der Waals surface area contributed by atoms with Crippen molar-refractivity contribution >= 4 is 72.8 Å². The lowest BCUT2D eigenvalue weighted by atomic mass is 10.1. The highest BCUT2D eigenvalue weighted by Crippen LogP contribution is 2.38. The second-order valence-corrected chi connectivity index (χ2v) is 13.5. The number of carbonyl (C=O) groups excluding carboxylic acids is 1. The number of amides is 1. The summed E-state index contributed by atoms with van der Waals surface area (Å²) in [6.45, 7) is 1.44. The van der Waals surface area contributed by atoms with E-state index in [2.05, 4.69) is 49.4 Å². The molecule has 0 unspecified atom stereocenters. The molecule has 0 saturated carbocycles. The minimum atomic E-state index is -0.474. The van der Waals surface area contributed by atoms with Crippen LogP contribution in [0.25, 0.3) is 31.6 Å². The van der Waals surface area contributed by atoms with Crippen LogP contribution in [0.5, 0.6) is 6.01 Å². The smallest absolute Gasteiger partial charge is 0.407 e. The number of para-hydroxylation sites is 1. The standard InChI is InChI=1S/C34H29N7O3S3/c1-41(16-17-43-34(42)38-20-22-6-8-23(9-7-22)21-44-33-37-15-14-30(36)40-33)31-13-12-29(46-31)28-11-10-25(45-28)18-24(19-35)32-39-26-4-2-3-5-27(26)47-32/h2-15,18H,16-17,20-21H2,1H3,(H,38,42)(H2,36,37,40)/b24-18+. The van der Waals surface area contributed by atoms with Gasteiger partial charge in [0.05, 0.1) is 27.3 Å². The van der Waals surface area contributed by atoms with Crippen molar-refractivity contribution in [2.75, 3.05) is 30.8 Å². The molecule has 0 aliphatic rings. The molecule has 0 spiro atoms. The number of carbonyl (C=O) groups is 1. The fourth-order valence-electron chi connectivity index (χ4n) is 4.44. The summed E-state index contributed by atoms with van der Waals surface area (Å²) in [5, 5.41) is 14.4. The Labute approximate surface area is 283 Å². The van der Waals surface area contributed by atoms with Gasteiger partial charge >= 0.3 is 12.1 Å². The molecule has 47 heavy (non-hydrogen) atoms. The number of benzene rings is 2. The molecule has 0 aliphatic carbocycles. The Morgan fingerprint density at radius 2 is 1.77 bits per heavy atom. The fraction of sp³-hybridized carbons (Fsp3) is 0.147. The van der Waals surface area contributed by atoms with Crippen molar-refractivity contribution in [2.45, 2.75) is 13.2 Å². The maximum absolute atomic E-state index is 12.3. The van der Waals surface area contributed by atoms with E-state index < -0.39 is 6.09 Å². The van der Waals surface area contributed by atoms with Gasteiger partial charge in [-0.15, -0.1) is 34.0 Å². The van der Waals surface area contributed by atoms with Crippen LogP contribution >= 0.6 is 34.0 Å². The minimum Gasteiger partial charge on any atom is -0.459 e. The molecule has 6 rings (SSSR count). The first kappa shape index (κ1) is 31.7. The summed E-state index contributed by atoms with van der Waals surface area (Å²) in [5.74, 6) is 0.349. The van der Waals surface area contributed by atoms with E-state index in [0.29, 0.717) is 31.1 Å². The topological polar surface area (TPSA) is 139 Å². The van der Waals surface area contributed by atoms with Gasteiger partial charge in [0.15, 0.2) is 0 Å². The number of aromatic nitrogens is 3. The maximum Gasteiger partial charge on any atom is 0.407 e. The normalized spacial score (nSPS) is 11.3. The molecule has 2 aromatic carbocycles. The fourth-order valence-corrected chi connectivity index (χ4v) is 7.40. The van der Waals surface area contributed by atoms with Crippen LogP contribution in [-0.4, -0.2) is 41.2 Å². The summed E-state index contributed by atoms with van der Waals surface area (Å²) in [6.07, 6.45) is 2.97. The number of nitrogens with one attached hydrogen (secondary N) is 1. The lowest BCUT2D eigenvalue weighted by molar-refractivity contribution is 0.148. The zero-order chi connectivity index (χ0) is 32.6. The number of likely N-dealkylation sites (N-methyl/N-ethyl adjacent to an activating group) is 1. The minimum absolute atomic E-state index is 0.224. The van der Waals surface area contributed by atoms with Crippen molar-refractivity contribution in [3.63, 3.8) is 0 Å². The lowest BCUT2D eigenvalue weighted by Crippen LogP contribution is -2.28. The van der Waals surface area contributed by atoms with Crippen molar-refractivity contribution < 1.29 is 14.3 Å². The average molecular weight is 680 g/mol. The number of thiophene rings is 2. The van der Waals surface area contributed by atoms with Gasteiger partial charge in [0.2, 0.25) is 0 Å². The van der Waals surface area contributed by atoms with Crippen molar-refractivity contribution in [2.24, 2.45) is 0 Å². The van der Waals surface area contributed by atoms with E-state index in [9.17, 15) is 10.1 Å². The van der Waals surface area contributed by atoms with Gasteiger partial charge < -0.3 is 25.4 Å². The number of hydrogen-bond donors (Lipinski definition) is 2. The van der Waals surface area contributed by atoms with Crippen LogP contribution in [0.1, 0.15) is 21.0 Å². The zero-order valence-corrected chi connectivity index (χ0v) is 27.7. The summed E-state index contributed by atoms with van der Waals surface area (Å²) in [7, 11) is 1.97. The zero-order valence-electron chi connectivity index (χ0n) is 25.3. The second kappa shape index (κ2) is 14.9. The highest BCUT2D eigenvalue weighted by atomic mass is 32.1. The molecule has 6 aromatic rings. The summed E-state index contributed by atoms with van der Waals surface area (Å²) in [5.41, 5.74) is 8.97. The van der Waals surface area contributed by atoms with Crippen molar-refractivity contribution in [3.05, 3.63) is 106 Å². The van der Waals surface area contributed by atoms with E-state index in [1.807, 2.05) is 67.7 Å². The van der Waals surface area contributed by atoms with Crippen LogP contribution in [0, 0.1) is 11.3 Å². The molecule has 0 atom stereocenters. The average Bonchev–Trinajstić information content (AvgIpc) is 3.86. The Kier molecular flexibility index (Phi) is 10.0. The van der Waals surface area contributed by atoms with Gasteiger partial charge in [0.25, 0.3) is 0 Å². The van der Waals surface area contributed by atoms with Crippen LogP contribution in [0.4, 0.5) is 15.6 Å². The Bertz CT molecular complexity index is 2030. The van der Waals surface area contributed by atoms with E-state index in [-0.39, 0.29) is 12.6 Å². The first-order valence-electron chi connectivity index (χ1n) is 14.5. The summed E-state index contributed by atoms with van der Waals surface area (Å²) in [4.78, 5) is 30.3. The van der Waals surface area contributed by atoms with Gasteiger partial charge in [-0.3, -0.25) is 0 Å². The molecule has 4 aromatic heterocycles. The lowest BCUT2D eigenvalue weighted by Gasteiger charge is -2.17. The summed E-state index contributed by atoms with van der Waals surface area (Å²) >= 11 is 4.82. The number of anilines is 2. The number of thiazole rings is 1. The predicted octanol–water partition coefficient (Wildman–Crippen LogP) is 7.46. The van der Waals surface area contributed by atoms with Gasteiger partial charge in [-0.1, -0.05) is 36.4 Å². The molecule has 0 fully saturated rings. The Hall–Kier alpha value is -5.29. The molecular weight excluding hydrogens is 651 g/mol. The highest BCUT2D eigenvalue weighted by Gasteiger charge is 2.12. The number of nitrogen functional groups attached to an aromatic ring is 1. The van der Waals surface area contributed by atoms with Gasteiger partial charge in [-0.25, -0.2) is 14.8 Å². The molecule has 4 heterocycles. The number of allylic oxidation sites excluding steroid dienone is 1.